The Morgan fingerprint density at radius 3 is 2.76 bits per heavy atom. The minimum atomic E-state index is -0.391. The van der Waals surface area contributed by atoms with Gasteiger partial charge in [-0.1, -0.05) is 36.4 Å². The highest BCUT2D eigenvalue weighted by molar-refractivity contribution is 5.56. The molecule has 0 amide bonds. The van der Waals surface area contributed by atoms with Gasteiger partial charge in [-0.05, 0) is 30.5 Å². The molecule has 0 radical (unpaired) electrons. The summed E-state index contributed by atoms with van der Waals surface area (Å²) in [6.45, 7) is 1.60. The van der Waals surface area contributed by atoms with E-state index in [4.69, 9.17) is 0 Å². The summed E-state index contributed by atoms with van der Waals surface area (Å²) in [4.78, 5) is 2.27. The van der Waals surface area contributed by atoms with Crippen molar-refractivity contribution in [3.05, 3.63) is 65.2 Å². The van der Waals surface area contributed by atoms with Crippen molar-refractivity contribution in [1.82, 2.24) is 0 Å². The van der Waals surface area contributed by atoms with Crippen molar-refractivity contribution in [2.45, 2.75) is 25.5 Å². The Bertz CT molecular complexity index is 675. The van der Waals surface area contributed by atoms with Gasteiger partial charge in [0.05, 0.1) is 17.7 Å². The maximum atomic E-state index is 10.2. The SMILES string of the molecule is N#Cc1ccccc1CN1CCCC(O)c2ccccc21. The predicted molar refractivity (Wildman–Crippen MR) is 82.8 cm³/mol. The second-order valence-electron chi connectivity index (χ2n) is 5.41. The molecule has 1 unspecified atom stereocenters. The second kappa shape index (κ2) is 5.99. The van der Waals surface area contributed by atoms with Crippen LogP contribution in [-0.4, -0.2) is 11.7 Å². The van der Waals surface area contributed by atoms with Gasteiger partial charge in [-0.2, -0.15) is 5.26 Å². The Kier molecular flexibility index (Phi) is 3.89. The standard InChI is InChI=1S/C18H18N2O/c19-12-14-6-1-2-7-15(14)13-20-11-5-10-18(21)16-8-3-4-9-17(16)20/h1-4,6-9,18,21H,5,10-11,13H2. The Morgan fingerprint density at radius 1 is 1.14 bits per heavy atom. The monoisotopic (exact) mass is 278 g/mol. The highest BCUT2D eigenvalue weighted by Gasteiger charge is 2.21. The molecule has 0 saturated carbocycles. The number of nitrogens with zero attached hydrogens (tertiary/aromatic N) is 2. The van der Waals surface area contributed by atoms with Crippen molar-refractivity contribution in [1.29, 1.82) is 5.26 Å². The van der Waals surface area contributed by atoms with Crippen LogP contribution in [0.4, 0.5) is 5.69 Å². The molecule has 0 spiro atoms. The number of nitriles is 1. The molecular formula is C18H18N2O. The highest BCUT2D eigenvalue weighted by Crippen LogP contribution is 2.33. The number of hydrogen-bond donors (Lipinski definition) is 1. The summed E-state index contributed by atoms with van der Waals surface area (Å²) in [7, 11) is 0. The van der Waals surface area contributed by atoms with E-state index in [1.165, 1.54) is 0 Å². The number of aliphatic hydroxyl groups is 1. The molecule has 1 heterocycles. The highest BCUT2D eigenvalue weighted by atomic mass is 16.3. The van der Waals surface area contributed by atoms with Crippen LogP contribution in [0.3, 0.4) is 0 Å². The molecule has 21 heavy (non-hydrogen) atoms. The first-order valence-corrected chi connectivity index (χ1v) is 7.29. The lowest BCUT2D eigenvalue weighted by atomic mass is 10.0. The maximum absolute atomic E-state index is 10.2. The minimum Gasteiger partial charge on any atom is -0.388 e. The average molecular weight is 278 g/mol. The van der Waals surface area contributed by atoms with E-state index in [-0.39, 0.29) is 0 Å². The van der Waals surface area contributed by atoms with Gasteiger partial charge in [-0.3, -0.25) is 0 Å². The lowest BCUT2D eigenvalue weighted by molar-refractivity contribution is 0.168. The van der Waals surface area contributed by atoms with E-state index in [0.29, 0.717) is 6.54 Å². The number of para-hydroxylation sites is 1. The lowest BCUT2D eigenvalue weighted by Crippen LogP contribution is -2.24. The molecule has 0 bridgehead atoms. The third-order valence-corrected chi connectivity index (χ3v) is 4.04. The molecule has 0 saturated heterocycles. The molecule has 2 aromatic rings. The van der Waals surface area contributed by atoms with Crippen LogP contribution in [0.25, 0.3) is 0 Å². The fourth-order valence-electron chi connectivity index (χ4n) is 2.95. The average Bonchev–Trinajstić information content (AvgIpc) is 2.68. The van der Waals surface area contributed by atoms with Gasteiger partial charge in [-0.25, -0.2) is 0 Å². The topological polar surface area (TPSA) is 47.3 Å². The Hall–Kier alpha value is -2.31. The first-order valence-electron chi connectivity index (χ1n) is 7.29. The molecule has 3 nitrogen and oxygen atoms in total. The number of aliphatic hydroxyl groups excluding tert-OH is 1. The number of anilines is 1. The van der Waals surface area contributed by atoms with E-state index in [0.717, 1.165) is 41.8 Å². The fraction of sp³-hybridized carbons (Fsp3) is 0.278. The van der Waals surface area contributed by atoms with Crippen molar-refractivity contribution >= 4 is 5.69 Å². The summed E-state index contributed by atoms with van der Waals surface area (Å²) < 4.78 is 0. The van der Waals surface area contributed by atoms with E-state index in [1.54, 1.807) is 0 Å². The van der Waals surface area contributed by atoms with Crippen molar-refractivity contribution in [2.24, 2.45) is 0 Å². The first-order chi connectivity index (χ1) is 10.3. The third-order valence-electron chi connectivity index (χ3n) is 4.04. The second-order valence-corrected chi connectivity index (χ2v) is 5.41. The summed E-state index contributed by atoms with van der Waals surface area (Å²) in [5, 5.41) is 19.5. The number of hydrogen-bond acceptors (Lipinski definition) is 3. The number of fused-ring (bicyclic) bond motifs is 1. The predicted octanol–water partition coefficient (Wildman–Crippen LogP) is 3.39. The third kappa shape index (κ3) is 2.76. The van der Waals surface area contributed by atoms with Gasteiger partial charge in [0, 0.05) is 24.3 Å². The van der Waals surface area contributed by atoms with Crippen LogP contribution in [0.1, 0.15) is 35.6 Å². The largest absolute Gasteiger partial charge is 0.388 e. The van der Waals surface area contributed by atoms with Gasteiger partial charge in [0.15, 0.2) is 0 Å². The van der Waals surface area contributed by atoms with Gasteiger partial charge < -0.3 is 10.0 Å². The van der Waals surface area contributed by atoms with Crippen LogP contribution in [0.5, 0.6) is 0 Å². The molecule has 0 aliphatic carbocycles. The van der Waals surface area contributed by atoms with Gasteiger partial charge >= 0.3 is 0 Å². The maximum Gasteiger partial charge on any atom is 0.0995 e. The minimum absolute atomic E-state index is 0.391. The van der Waals surface area contributed by atoms with Gasteiger partial charge in [0.2, 0.25) is 0 Å². The fourth-order valence-corrected chi connectivity index (χ4v) is 2.95. The zero-order valence-corrected chi connectivity index (χ0v) is 11.9. The molecule has 0 aromatic heterocycles. The normalized spacial score (nSPS) is 17.7. The van der Waals surface area contributed by atoms with Crippen molar-refractivity contribution in [3.8, 4) is 6.07 Å². The van der Waals surface area contributed by atoms with E-state index in [1.807, 2.05) is 42.5 Å². The molecule has 0 fully saturated rings. The molecule has 106 valence electrons. The summed E-state index contributed by atoms with van der Waals surface area (Å²) >= 11 is 0. The first kappa shape index (κ1) is 13.7. The van der Waals surface area contributed by atoms with E-state index in [9.17, 15) is 10.4 Å². The summed E-state index contributed by atoms with van der Waals surface area (Å²) in [6.07, 6.45) is 1.34. The van der Waals surface area contributed by atoms with E-state index >= 15 is 0 Å². The van der Waals surface area contributed by atoms with Crippen molar-refractivity contribution in [3.63, 3.8) is 0 Å². The molecule has 3 rings (SSSR count). The Labute approximate surface area is 125 Å². The summed E-state index contributed by atoms with van der Waals surface area (Å²) in [6, 6.07) is 18.0. The summed E-state index contributed by atoms with van der Waals surface area (Å²) in [5.41, 5.74) is 3.82. The van der Waals surface area contributed by atoms with Crippen LogP contribution in [-0.2, 0) is 6.54 Å². The van der Waals surface area contributed by atoms with Crippen LogP contribution >= 0.6 is 0 Å². The van der Waals surface area contributed by atoms with Crippen LogP contribution in [0, 0.1) is 11.3 Å². The number of rotatable bonds is 2. The van der Waals surface area contributed by atoms with Crippen molar-refractivity contribution < 1.29 is 5.11 Å². The van der Waals surface area contributed by atoms with Crippen molar-refractivity contribution in [2.75, 3.05) is 11.4 Å². The van der Waals surface area contributed by atoms with Gasteiger partial charge in [0.25, 0.3) is 0 Å². The molecule has 1 N–H and O–H groups in total. The smallest absolute Gasteiger partial charge is 0.0995 e. The number of benzene rings is 2. The van der Waals surface area contributed by atoms with Crippen LogP contribution in [0.2, 0.25) is 0 Å². The molecule has 1 aliphatic heterocycles. The lowest BCUT2D eigenvalue weighted by Gasteiger charge is -2.25. The zero-order chi connectivity index (χ0) is 14.7. The van der Waals surface area contributed by atoms with E-state index in [2.05, 4.69) is 17.0 Å². The van der Waals surface area contributed by atoms with Crippen LogP contribution in [0.15, 0.2) is 48.5 Å². The van der Waals surface area contributed by atoms with Gasteiger partial charge in [-0.15, -0.1) is 0 Å². The van der Waals surface area contributed by atoms with E-state index < -0.39 is 6.10 Å². The quantitative estimate of drug-likeness (QED) is 0.916. The molecule has 1 atom stereocenters. The molecule has 2 aromatic carbocycles. The molecular weight excluding hydrogens is 260 g/mol. The van der Waals surface area contributed by atoms with Gasteiger partial charge in [0.1, 0.15) is 0 Å². The molecule has 1 aliphatic rings. The Morgan fingerprint density at radius 2 is 1.90 bits per heavy atom. The van der Waals surface area contributed by atoms with Crippen LogP contribution < -0.4 is 4.90 Å². The molecule has 3 heteroatoms. The Balaban J connectivity index is 1.95. The summed E-state index contributed by atoms with van der Waals surface area (Å²) in [5.74, 6) is 0. The zero-order valence-electron chi connectivity index (χ0n) is 11.9.